The van der Waals surface area contributed by atoms with Crippen molar-refractivity contribution in [3.63, 3.8) is 0 Å². The van der Waals surface area contributed by atoms with Crippen molar-refractivity contribution in [3.8, 4) is 0 Å². The summed E-state index contributed by atoms with van der Waals surface area (Å²) in [5.41, 5.74) is 1.22. The smallest absolute Gasteiger partial charge is 0.0494 e. The molecular formula is C18H25ClN2O. The fourth-order valence-corrected chi connectivity index (χ4v) is 3.66. The molecule has 22 heavy (non-hydrogen) atoms. The Morgan fingerprint density at radius 2 is 1.95 bits per heavy atom. The van der Waals surface area contributed by atoms with E-state index in [1.54, 1.807) is 0 Å². The number of aliphatic hydroxyl groups is 1. The van der Waals surface area contributed by atoms with Gasteiger partial charge in [-0.2, -0.15) is 0 Å². The lowest BCUT2D eigenvalue weighted by molar-refractivity contribution is 0.184. The Hall–Kier alpha value is -0.870. The van der Waals surface area contributed by atoms with E-state index in [2.05, 4.69) is 34.5 Å². The van der Waals surface area contributed by atoms with Gasteiger partial charge in [0, 0.05) is 36.2 Å². The lowest BCUT2D eigenvalue weighted by Crippen LogP contribution is -2.45. The Labute approximate surface area is 138 Å². The molecule has 2 N–H and O–H groups in total. The summed E-state index contributed by atoms with van der Waals surface area (Å²) in [5, 5.41) is 13.8. The van der Waals surface area contributed by atoms with Crippen molar-refractivity contribution < 1.29 is 5.11 Å². The Morgan fingerprint density at radius 3 is 2.64 bits per heavy atom. The van der Waals surface area contributed by atoms with Crippen molar-refractivity contribution in [3.05, 3.63) is 47.0 Å². The van der Waals surface area contributed by atoms with Crippen LogP contribution in [0.3, 0.4) is 0 Å². The zero-order valence-corrected chi connectivity index (χ0v) is 13.7. The van der Waals surface area contributed by atoms with E-state index in [-0.39, 0.29) is 6.61 Å². The van der Waals surface area contributed by atoms with E-state index >= 15 is 0 Å². The number of likely N-dealkylation sites (tertiary alicyclic amines) is 1. The molecule has 2 atom stereocenters. The molecule has 0 spiro atoms. The summed E-state index contributed by atoms with van der Waals surface area (Å²) < 4.78 is 0. The predicted molar refractivity (Wildman–Crippen MR) is 91.0 cm³/mol. The van der Waals surface area contributed by atoms with Gasteiger partial charge in [-0.1, -0.05) is 42.0 Å². The summed E-state index contributed by atoms with van der Waals surface area (Å²) >= 11 is 6.25. The molecule has 1 saturated heterocycles. The van der Waals surface area contributed by atoms with Crippen molar-refractivity contribution >= 4 is 11.6 Å². The van der Waals surface area contributed by atoms with Crippen molar-refractivity contribution in [2.24, 2.45) is 5.92 Å². The third-order valence-corrected chi connectivity index (χ3v) is 5.16. The maximum atomic E-state index is 9.19. The molecule has 120 valence electrons. The molecule has 1 aliphatic carbocycles. The predicted octanol–water partition coefficient (Wildman–Crippen LogP) is 2.83. The minimum atomic E-state index is 0.269. The second kappa shape index (κ2) is 7.60. The highest BCUT2D eigenvalue weighted by Crippen LogP contribution is 2.22. The van der Waals surface area contributed by atoms with Gasteiger partial charge in [0.15, 0.2) is 0 Å². The molecule has 0 amide bonds. The number of aliphatic hydroxyl groups excluding tert-OH is 1. The molecule has 1 heterocycles. The van der Waals surface area contributed by atoms with E-state index in [1.807, 2.05) is 12.1 Å². The average Bonchev–Trinajstić information content (AvgIpc) is 2.99. The number of rotatable bonds is 5. The van der Waals surface area contributed by atoms with Crippen LogP contribution < -0.4 is 5.32 Å². The number of benzene rings is 1. The van der Waals surface area contributed by atoms with Crippen molar-refractivity contribution in [1.82, 2.24) is 10.2 Å². The van der Waals surface area contributed by atoms with Crippen LogP contribution in [0.1, 0.15) is 24.8 Å². The van der Waals surface area contributed by atoms with E-state index < -0.39 is 0 Å². The number of nitrogens with zero attached hydrogens (tertiary/aromatic N) is 1. The Morgan fingerprint density at radius 1 is 1.18 bits per heavy atom. The molecular weight excluding hydrogens is 296 g/mol. The van der Waals surface area contributed by atoms with Crippen LogP contribution in [0, 0.1) is 5.92 Å². The first-order valence-electron chi connectivity index (χ1n) is 8.25. The number of nitrogens with one attached hydrogen (secondary N) is 1. The zero-order chi connectivity index (χ0) is 15.4. The average molecular weight is 321 g/mol. The first kappa shape index (κ1) is 16.0. The van der Waals surface area contributed by atoms with Gasteiger partial charge in [-0.25, -0.2) is 0 Å². The summed E-state index contributed by atoms with van der Waals surface area (Å²) in [7, 11) is 0. The van der Waals surface area contributed by atoms with E-state index in [0.29, 0.717) is 18.0 Å². The van der Waals surface area contributed by atoms with Gasteiger partial charge in [0.05, 0.1) is 0 Å². The lowest BCUT2D eigenvalue weighted by atomic mass is 10.0. The van der Waals surface area contributed by atoms with Crippen molar-refractivity contribution in [1.29, 1.82) is 0 Å². The molecule has 1 aromatic carbocycles. The molecule has 3 nitrogen and oxygen atoms in total. The first-order valence-corrected chi connectivity index (χ1v) is 8.63. The molecule has 0 saturated carbocycles. The molecule has 0 bridgehead atoms. The van der Waals surface area contributed by atoms with Gasteiger partial charge in [-0.3, -0.25) is 4.90 Å². The SMILES string of the molecule is OC[C@H]1C=C[C@@H](NC2CCN(Cc3ccccc3Cl)CC2)C1. The second-order valence-corrected chi connectivity index (χ2v) is 6.89. The van der Waals surface area contributed by atoms with Crippen LogP contribution in [0.25, 0.3) is 0 Å². The molecule has 1 fully saturated rings. The molecule has 1 aromatic rings. The van der Waals surface area contributed by atoms with E-state index in [4.69, 9.17) is 11.6 Å². The third kappa shape index (κ3) is 4.11. The summed E-state index contributed by atoms with van der Waals surface area (Å²) in [6.45, 7) is 3.44. The standard InChI is InChI=1S/C18H25ClN2O/c19-18-4-2-1-3-15(18)12-21-9-7-16(8-10-21)20-17-6-5-14(11-17)13-22/h1-6,14,16-17,20,22H,7-13H2/t14-,17+/m0/s1. The number of halogens is 1. The topological polar surface area (TPSA) is 35.5 Å². The maximum Gasteiger partial charge on any atom is 0.0494 e. The van der Waals surface area contributed by atoms with Gasteiger partial charge < -0.3 is 10.4 Å². The van der Waals surface area contributed by atoms with Crippen molar-refractivity contribution in [2.75, 3.05) is 19.7 Å². The number of hydrogen-bond donors (Lipinski definition) is 2. The normalized spacial score (nSPS) is 26.6. The van der Waals surface area contributed by atoms with Gasteiger partial charge in [-0.05, 0) is 44.0 Å². The van der Waals surface area contributed by atoms with Gasteiger partial charge in [0.2, 0.25) is 0 Å². The second-order valence-electron chi connectivity index (χ2n) is 6.48. The highest BCUT2D eigenvalue weighted by atomic mass is 35.5. The summed E-state index contributed by atoms with van der Waals surface area (Å²) in [6.07, 6.45) is 7.76. The van der Waals surface area contributed by atoms with Crippen LogP contribution in [0.5, 0.6) is 0 Å². The molecule has 1 aliphatic heterocycles. The minimum Gasteiger partial charge on any atom is -0.396 e. The monoisotopic (exact) mass is 320 g/mol. The highest BCUT2D eigenvalue weighted by molar-refractivity contribution is 6.31. The Bertz CT molecular complexity index is 512. The quantitative estimate of drug-likeness (QED) is 0.819. The first-order chi connectivity index (χ1) is 10.7. The van der Waals surface area contributed by atoms with Crippen LogP contribution in [0.4, 0.5) is 0 Å². The van der Waals surface area contributed by atoms with Crippen LogP contribution in [0.2, 0.25) is 5.02 Å². The van der Waals surface area contributed by atoms with Gasteiger partial charge in [0.1, 0.15) is 0 Å². The molecule has 0 radical (unpaired) electrons. The van der Waals surface area contributed by atoms with Gasteiger partial charge in [-0.15, -0.1) is 0 Å². The maximum absolute atomic E-state index is 9.19. The van der Waals surface area contributed by atoms with Gasteiger partial charge >= 0.3 is 0 Å². The Kier molecular flexibility index (Phi) is 5.53. The number of piperidine rings is 1. The highest BCUT2D eigenvalue weighted by Gasteiger charge is 2.24. The lowest BCUT2D eigenvalue weighted by Gasteiger charge is -2.34. The minimum absolute atomic E-state index is 0.269. The summed E-state index contributed by atoms with van der Waals surface area (Å²) in [4.78, 5) is 2.49. The van der Waals surface area contributed by atoms with Gasteiger partial charge in [0.25, 0.3) is 0 Å². The van der Waals surface area contributed by atoms with Crippen LogP contribution >= 0.6 is 11.6 Å². The van der Waals surface area contributed by atoms with E-state index in [1.165, 1.54) is 18.4 Å². The van der Waals surface area contributed by atoms with E-state index in [0.717, 1.165) is 31.1 Å². The molecule has 4 heteroatoms. The zero-order valence-electron chi connectivity index (χ0n) is 12.9. The Balaban J connectivity index is 1.43. The molecule has 0 aromatic heterocycles. The van der Waals surface area contributed by atoms with E-state index in [9.17, 15) is 5.11 Å². The van der Waals surface area contributed by atoms with Crippen LogP contribution in [0.15, 0.2) is 36.4 Å². The number of hydrogen-bond acceptors (Lipinski definition) is 3. The molecule has 0 unspecified atom stereocenters. The summed E-state index contributed by atoms with van der Waals surface area (Å²) in [6, 6.07) is 9.16. The fourth-order valence-electron chi connectivity index (χ4n) is 3.46. The van der Waals surface area contributed by atoms with Crippen molar-refractivity contribution in [2.45, 2.75) is 37.9 Å². The fraction of sp³-hybridized carbons (Fsp3) is 0.556. The largest absolute Gasteiger partial charge is 0.396 e. The third-order valence-electron chi connectivity index (χ3n) is 4.80. The summed E-state index contributed by atoms with van der Waals surface area (Å²) in [5.74, 6) is 0.345. The molecule has 3 rings (SSSR count). The van der Waals surface area contributed by atoms with Crippen LogP contribution in [-0.2, 0) is 6.54 Å². The molecule has 2 aliphatic rings. The van der Waals surface area contributed by atoms with Crippen LogP contribution in [-0.4, -0.2) is 41.8 Å².